The zero-order valence-electron chi connectivity index (χ0n) is 19.3. The van der Waals surface area contributed by atoms with Crippen molar-refractivity contribution in [2.75, 3.05) is 24.5 Å². The van der Waals surface area contributed by atoms with E-state index >= 15 is 0 Å². The summed E-state index contributed by atoms with van der Waals surface area (Å²) in [6.45, 7) is 3.65. The van der Waals surface area contributed by atoms with Crippen molar-refractivity contribution >= 4 is 22.4 Å². The zero-order valence-corrected chi connectivity index (χ0v) is 19.3. The Hall–Kier alpha value is -3.46. The lowest BCUT2D eigenvalue weighted by Gasteiger charge is -2.40. The van der Waals surface area contributed by atoms with E-state index in [1.807, 2.05) is 37.6 Å². The number of hydrogen-bond donors (Lipinski definition) is 0. The highest BCUT2D eigenvalue weighted by Gasteiger charge is 2.45. The minimum atomic E-state index is -4.51. The van der Waals surface area contributed by atoms with Crippen LogP contribution >= 0.6 is 0 Å². The molecule has 0 unspecified atom stereocenters. The van der Waals surface area contributed by atoms with Crippen molar-refractivity contribution in [3.8, 4) is 0 Å². The van der Waals surface area contributed by atoms with Crippen molar-refractivity contribution in [2.24, 2.45) is 7.05 Å². The van der Waals surface area contributed by atoms with Crippen molar-refractivity contribution in [1.29, 1.82) is 0 Å². The lowest BCUT2D eigenvalue weighted by atomic mass is 9.74. The number of nitrogens with zero attached hydrogens (tertiary/aromatic N) is 6. The lowest BCUT2D eigenvalue weighted by molar-refractivity contribution is -0.141. The Kier molecular flexibility index (Phi) is 5.07. The number of fused-ring (bicyclic) bond motifs is 3. The lowest BCUT2D eigenvalue weighted by Crippen LogP contribution is -2.44. The molecule has 1 saturated heterocycles. The van der Waals surface area contributed by atoms with E-state index in [-0.39, 0.29) is 10.9 Å². The van der Waals surface area contributed by atoms with Crippen molar-refractivity contribution in [2.45, 2.75) is 31.0 Å². The average Bonchev–Trinajstić information content (AvgIpc) is 3.40. The summed E-state index contributed by atoms with van der Waals surface area (Å²) in [4.78, 5) is 17.0. The molecule has 2 aliphatic heterocycles. The van der Waals surface area contributed by atoms with Crippen LogP contribution in [-0.2, 0) is 25.2 Å². The van der Waals surface area contributed by atoms with E-state index in [2.05, 4.69) is 47.5 Å². The number of likely N-dealkylation sites (tertiary alicyclic amines) is 1. The first-order valence-corrected chi connectivity index (χ1v) is 11.7. The van der Waals surface area contributed by atoms with Crippen LogP contribution in [0, 0.1) is 0 Å². The second kappa shape index (κ2) is 8.05. The third-order valence-electron chi connectivity index (χ3n) is 7.45. The SMILES string of the molecule is Cn1ccnc1CN1CCC2(CC1)CN(c1ccc3nc(C(F)(F)F)cnc3c1)c1ccccc12. The number of aryl methyl sites for hydroxylation is 1. The van der Waals surface area contributed by atoms with Crippen LogP contribution in [0.1, 0.15) is 29.9 Å². The Balaban J connectivity index is 1.27. The number of halogens is 3. The van der Waals surface area contributed by atoms with Gasteiger partial charge < -0.3 is 9.47 Å². The maximum Gasteiger partial charge on any atom is 0.434 e. The van der Waals surface area contributed by atoms with Crippen molar-refractivity contribution in [1.82, 2.24) is 24.4 Å². The van der Waals surface area contributed by atoms with Gasteiger partial charge in [-0.25, -0.2) is 9.97 Å². The summed E-state index contributed by atoms with van der Waals surface area (Å²) in [6, 6.07) is 13.8. The number of piperidine rings is 1. The molecule has 0 aliphatic carbocycles. The van der Waals surface area contributed by atoms with Crippen LogP contribution < -0.4 is 4.90 Å². The van der Waals surface area contributed by atoms with Crippen LogP contribution in [-0.4, -0.2) is 44.1 Å². The molecule has 4 aromatic rings. The second-order valence-electron chi connectivity index (χ2n) is 9.54. The molecule has 0 bridgehead atoms. The largest absolute Gasteiger partial charge is 0.434 e. The molecular weight excluding hydrogens is 453 g/mol. The van der Waals surface area contributed by atoms with Crippen molar-refractivity contribution in [3.05, 3.63) is 78.1 Å². The van der Waals surface area contributed by atoms with E-state index in [1.54, 1.807) is 6.07 Å². The predicted molar refractivity (Wildman–Crippen MR) is 127 cm³/mol. The summed E-state index contributed by atoms with van der Waals surface area (Å²) in [5, 5.41) is 0. The summed E-state index contributed by atoms with van der Waals surface area (Å²) >= 11 is 0. The molecule has 0 radical (unpaired) electrons. The van der Waals surface area contributed by atoms with Crippen molar-refractivity contribution < 1.29 is 13.2 Å². The van der Waals surface area contributed by atoms with Gasteiger partial charge in [-0.3, -0.25) is 9.88 Å². The molecule has 1 spiro atoms. The number of imidazole rings is 1. The van der Waals surface area contributed by atoms with Gasteiger partial charge in [-0.05, 0) is 55.8 Å². The molecule has 35 heavy (non-hydrogen) atoms. The van der Waals surface area contributed by atoms with Gasteiger partial charge in [-0.15, -0.1) is 0 Å². The van der Waals surface area contributed by atoms with Gasteiger partial charge in [0.05, 0.1) is 23.8 Å². The van der Waals surface area contributed by atoms with Crippen LogP contribution in [0.15, 0.2) is 61.1 Å². The first-order valence-electron chi connectivity index (χ1n) is 11.7. The Bertz CT molecular complexity index is 1390. The molecule has 0 atom stereocenters. The fraction of sp³-hybridized carbons (Fsp3) is 0.346. The molecule has 2 aromatic heterocycles. The molecule has 4 heterocycles. The Labute approximate surface area is 201 Å². The average molecular weight is 479 g/mol. The number of para-hydroxylation sites is 1. The van der Waals surface area contributed by atoms with Crippen molar-refractivity contribution in [3.63, 3.8) is 0 Å². The Morgan fingerprint density at radius 1 is 1.00 bits per heavy atom. The van der Waals surface area contributed by atoms with Gasteiger partial charge in [-0.1, -0.05) is 18.2 Å². The smallest absolute Gasteiger partial charge is 0.340 e. The molecule has 0 amide bonds. The second-order valence-corrected chi connectivity index (χ2v) is 9.54. The van der Waals surface area contributed by atoms with Gasteiger partial charge in [0.25, 0.3) is 0 Å². The first kappa shape index (κ1) is 22.0. The van der Waals surface area contributed by atoms with Gasteiger partial charge in [0, 0.05) is 42.8 Å². The van der Waals surface area contributed by atoms with Gasteiger partial charge in [0.1, 0.15) is 5.82 Å². The molecule has 0 N–H and O–H groups in total. The van der Waals surface area contributed by atoms with Crippen LogP contribution in [0.5, 0.6) is 0 Å². The fourth-order valence-electron chi connectivity index (χ4n) is 5.48. The maximum absolute atomic E-state index is 13.0. The zero-order chi connectivity index (χ0) is 24.2. The Morgan fingerprint density at radius 3 is 2.54 bits per heavy atom. The highest BCUT2D eigenvalue weighted by atomic mass is 19.4. The van der Waals surface area contributed by atoms with E-state index in [1.165, 1.54) is 5.56 Å². The summed E-state index contributed by atoms with van der Waals surface area (Å²) in [5.41, 5.74) is 3.19. The first-order chi connectivity index (χ1) is 16.8. The number of alkyl halides is 3. The van der Waals surface area contributed by atoms with Gasteiger partial charge in [-0.2, -0.15) is 13.2 Å². The topological polar surface area (TPSA) is 50.1 Å². The van der Waals surface area contributed by atoms with Gasteiger partial charge >= 0.3 is 6.18 Å². The minimum Gasteiger partial charge on any atom is -0.340 e. The molecule has 180 valence electrons. The van der Waals surface area contributed by atoms with E-state index in [4.69, 9.17) is 0 Å². The number of aromatic nitrogens is 4. The Morgan fingerprint density at radius 2 is 1.80 bits per heavy atom. The molecule has 1 fully saturated rings. The van der Waals surface area contributed by atoms with Crippen LogP contribution in [0.25, 0.3) is 11.0 Å². The van der Waals surface area contributed by atoms with Gasteiger partial charge in [0.15, 0.2) is 5.69 Å². The minimum absolute atomic E-state index is 0.0372. The summed E-state index contributed by atoms with van der Waals surface area (Å²) < 4.78 is 41.2. The number of benzene rings is 2. The third-order valence-corrected chi connectivity index (χ3v) is 7.45. The number of hydrogen-bond acceptors (Lipinski definition) is 5. The molecule has 2 aromatic carbocycles. The van der Waals surface area contributed by atoms with E-state index in [9.17, 15) is 13.2 Å². The highest BCUT2D eigenvalue weighted by Crippen LogP contribution is 2.49. The van der Waals surface area contributed by atoms with Crippen LogP contribution in [0.4, 0.5) is 24.5 Å². The molecule has 9 heteroatoms. The maximum atomic E-state index is 13.0. The molecule has 6 nitrogen and oxygen atoms in total. The van der Waals surface area contributed by atoms with Crippen LogP contribution in [0.2, 0.25) is 0 Å². The van der Waals surface area contributed by atoms with E-state index in [0.717, 1.165) is 62.4 Å². The summed E-state index contributed by atoms with van der Waals surface area (Å²) in [6.07, 6.45) is 2.18. The highest BCUT2D eigenvalue weighted by molar-refractivity contribution is 5.82. The standard InChI is InChI=1S/C26H25F3N6/c1-33-13-10-30-24(33)16-34-11-8-25(9-12-34)17-35(22-5-3-2-4-19(22)25)18-6-7-20-21(14-18)31-15-23(32-20)26(27,28)29/h2-7,10,13-15H,8-9,11-12,16-17H2,1H3. The molecule has 0 saturated carbocycles. The third kappa shape index (κ3) is 3.83. The fourth-order valence-corrected chi connectivity index (χ4v) is 5.48. The van der Waals surface area contributed by atoms with Crippen LogP contribution in [0.3, 0.4) is 0 Å². The number of rotatable bonds is 3. The normalized spacial score (nSPS) is 17.9. The quantitative estimate of drug-likeness (QED) is 0.412. The monoisotopic (exact) mass is 478 g/mol. The number of anilines is 2. The molecule has 6 rings (SSSR count). The van der Waals surface area contributed by atoms with E-state index in [0.29, 0.717) is 5.52 Å². The summed E-state index contributed by atoms with van der Waals surface area (Å²) in [7, 11) is 2.02. The predicted octanol–water partition coefficient (Wildman–Crippen LogP) is 5.07. The summed E-state index contributed by atoms with van der Waals surface area (Å²) in [5.74, 6) is 1.07. The van der Waals surface area contributed by atoms with E-state index < -0.39 is 11.9 Å². The molecular formula is C26H25F3N6. The molecule has 2 aliphatic rings. The van der Waals surface area contributed by atoms with Gasteiger partial charge in [0.2, 0.25) is 0 Å².